The number of fused-ring (bicyclic) bond motifs is 2. The smallest absolute Gasteiger partial charge is 0.234 e. The fourth-order valence-corrected chi connectivity index (χ4v) is 6.91. The number of nitrogens with one attached hydrogen (secondary N) is 1. The van der Waals surface area contributed by atoms with E-state index >= 15 is 0 Å². The summed E-state index contributed by atoms with van der Waals surface area (Å²) in [5.41, 5.74) is 3.02. The third kappa shape index (κ3) is 5.43. The second kappa shape index (κ2) is 10.6. The summed E-state index contributed by atoms with van der Waals surface area (Å²) in [4.78, 5) is 12.7. The molecule has 0 radical (unpaired) electrons. The molecule has 2 fully saturated rings. The van der Waals surface area contributed by atoms with Crippen LogP contribution in [0.4, 0.5) is 10.1 Å². The first-order valence-electron chi connectivity index (χ1n) is 12.7. The average molecular weight is 509 g/mol. The van der Waals surface area contributed by atoms with Crippen LogP contribution in [0.2, 0.25) is 0 Å². The third-order valence-corrected chi connectivity index (χ3v) is 8.53. The molecule has 36 heavy (non-hydrogen) atoms. The van der Waals surface area contributed by atoms with Crippen LogP contribution in [0.25, 0.3) is 0 Å². The molecule has 0 spiro atoms. The maximum atomic E-state index is 14.1. The molecule has 1 heterocycles. The zero-order valence-corrected chi connectivity index (χ0v) is 21.9. The number of carbonyl (C=O) groups excluding carboxylic acids is 1. The summed E-state index contributed by atoms with van der Waals surface area (Å²) in [6.45, 7) is 6.37. The quantitative estimate of drug-likeness (QED) is 0.342. The van der Waals surface area contributed by atoms with Crippen LogP contribution < -0.4 is 10.1 Å². The molecule has 4 atom stereocenters. The summed E-state index contributed by atoms with van der Waals surface area (Å²) in [7, 11) is 0. The van der Waals surface area contributed by atoms with Crippen molar-refractivity contribution in [2.24, 2.45) is 17.8 Å². The first-order valence-corrected chi connectivity index (χ1v) is 13.7. The molecule has 190 valence electrons. The van der Waals surface area contributed by atoms with E-state index in [1.54, 1.807) is 18.2 Å². The molecule has 8 heteroatoms. The van der Waals surface area contributed by atoms with Gasteiger partial charge in [-0.3, -0.25) is 9.36 Å². The minimum Gasteiger partial charge on any atom is -0.483 e. The maximum Gasteiger partial charge on any atom is 0.234 e. The normalized spacial score (nSPS) is 21.5. The molecule has 2 aliphatic carbocycles. The first kappa shape index (κ1) is 24.8. The molecule has 2 bridgehead atoms. The Labute approximate surface area is 216 Å². The predicted molar refractivity (Wildman–Crippen MR) is 140 cm³/mol. The highest BCUT2D eigenvalue weighted by Gasteiger charge is 2.43. The Morgan fingerprint density at radius 3 is 2.64 bits per heavy atom. The molecule has 5 rings (SSSR count). The van der Waals surface area contributed by atoms with Crippen molar-refractivity contribution in [2.45, 2.75) is 64.3 Å². The van der Waals surface area contributed by atoms with Crippen LogP contribution >= 0.6 is 11.8 Å². The lowest BCUT2D eigenvalue weighted by atomic mass is 9.84. The Kier molecular flexibility index (Phi) is 7.32. The van der Waals surface area contributed by atoms with Crippen molar-refractivity contribution in [2.75, 3.05) is 11.1 Å². The Morgan fingerprint density at radius 2 is 1.94 bits per heavy atom. The number of hydrogen-bond donors (Lipinski definition) is 1. The number of amides is 1. The maximum absolute atomic E-state index is 14.1. The molecule has 0 saturated heterocycles. The Balaban J connectivity index is 1.32. The molecule has 0 unspecified atom stereocenters. The van der Waals surface area contributed by atoms with Crippen LogP contribution in [0.15, 0.2) is 47.6 Å². The Morgan fingerprint density at radius 1 is 1.17 bits per heavy atom. The van der Waals surface area contributed by atoms with Crippen LogP contribution in [0.1, 0.15) is 55.6 Å². The van der Waals surface area contributed by atoms with Gasteiger partial charge < -0.3 is 10.1 Å². The van der Waals surface area contributed by atoms with Gasteiger partial charge in [0.2, 0.25) is 5.91 Å². The van der Waals surface area contributed by atoms with Crippen molar-refractivity contribution < 1.29 is 13.9 Å². The number of anilines is 1. The number of carbonyl (C=O) groups is 1. The van der Waals surface area contributed by atoms with Gasteiger partial charge in [-0.15, -0.1) is 10.2 Å². The Bertz CT molecular complexity index is 1230. The van der Waals surface area contributed by atoms with Crippen molar-refractivity contribution >= 4 is 23.4 Å². The van der Waals surface area contributed by atoms with E-state index in [1.807, 2.05) is 26.0 Å². The molecule has 1 N–H and O–H groups in total. The Hall–Kier alpha value is -2.87. The lowest BCUT2D eigenvalue weighted by Crippen LogP contribution is -2.25. The number of benzene rings is 2. The standard InChI is InChI=1S/C28H33FN4O2S/c1-17-10-18(2)12-22(11-17)30-27(34)16-36-28-32-31-26(15-35-25-7-5-4-6-24(25)29)33(28)19(3)23-14-20-8-9-21(23)13-20/h4-7,10-12,19-21,23H,8-9,13-16H2,1-3H3,(H,30,34)/t19-,20-,21-,23-/m0/s1. The molecule has 1 amide bonds. The molecule has 1 aromatic heterocycles. The minimum atomic E-state index is -0.401. The number of halogens is 1. The van der Waals surface area contributed by atoms with E-state index in [2.05, 4.69) is 33.1 Å². The van der Waals surface area contributed by atoms with Crippen LogP contribution in [0, 0.1) is 37.4 Å². The summed E-state index contributed by atoms with van der Waals surface area (Å²) in [6.07, 6.45) is 5.14. The van der Waals surface area contributed by atoms with Gasteiger partial charge in [0.1, 0.15) is 6.61 Å². The largest absolute Gasteiger partial charge is 0.483 e. The number of aryl methyl sites for hydroxylation is 2. The van der Waals surface area contributed by atoms with E-state index < -0.39 is 5.82 Å². The van der Waals surface area contributed by atoms with E-state index in [0.29, 0.717) is 16.9 Å². The van der Waals surface area contributed by atoms with Gasteiger partial charge in [-0.1, -0.05) is 36.4 Å². The SMILES string of the molecule is Cc1cc(C)cc(NC(=O)CSc2nnc(COc3ccccc3F)n2[C@@H](C)[C@@H]2C[C@H]3CC[C@H]2C3)c1. The van der Waals surface area contributed by atoms with Gasteiger partial charge in [0.25, 0.3) is 0 Å². The molecule has 6 nitrogen and oxygen atoms in total. The minimum absolute atomic E-state index is 0.0868. The average Bonchev–Trinajstić information content (AvgIpc) is 3.57. The van der Waals surface area contributed by atoms with Crippen molar-refractivity contribution in [1.82, 2.24) is 14.8 Å². The van der Waals surface area contributed by atoms with E-state index in [1.165, 1.54) is 43.5 Å². The van der Waals surface area contributed by atoms with Crippen LogP contribution in [0.3, 0.4) is 0 Å². The monoisotopic (exact) mass is 508 g/mol. The van der Waals surface area contributed by atoms with Gasteiger partial charge in [0, 0.05) is 11.7 Å². The molecule has 3 aromatic rings. The summed E-state index contributed by atoms with van der Waals surface area (Å²) in [6, 6.07) is 12.6. The number of aromatic nitrogens is 3. The zero-order chi connectivity index (χ0) is 25.2. The molecular weight excluding hydrogens is 475 g/mol. The summed E-state index contributed by atoms with van der Waals surface area (Å²) < 4.78 is 22.0. The van der Waals surface area contributed by atoms with Gasteiger partial charge in [-0.2, -0.15) is 0 Å². The van der Waals surface area contributed by atoms with Gasteiger partial charge in [-0.05, 0) is 93.2 Å². The summed E-state index contributed by atoms with van der Waals surface area (Å²) in [5.74, 6) is 2.68. The summed E-state index contributed by atoms with van der Waals surface area (Å²) in [5, 5.41) is 12.5. The predicted octanol–water partition coefficient (Wildman–Crippen LogP) is 6.34. The van der Waals surface area contributed by atoms with Crippen LogP contribution in [0.5, 0.6) is 5.75 Å². The highest BCUT2D eigenvalue weighted by Crippen LogP contribution is 2.52. The first-order chi connectivity index (χ1) is 17.4. The topological polar surface area (TPSA) is 69.0 Å². The number of nitrogens with zero attached hydrogens (tertiary/aromatic N) is 3. The van der Waals surface area contributed by atoms with E-state index in [4.69, 9.17) is 4.74 Å². The van der Waals surface area contributed by atoms with E-state index in [9.17, 15) is 9.18 Å². The molecular formula is C28H33FN4O2S. The van der Waals surface area contributed by atoms with E-state index in [0.717, 1.165) is 28.7 Å². The molecule has 2 saturated carbocycles. The zero-order valence-electron chi connectivity index (χ0n) is 21.0. The number of para-hydroxylation sites is 1. The molecule has 2 aliphatic rings. The van der Waals surface area contributed by atoms with Crippen molar-refractivity contribution in [1.29, 1.82) is 0 Å². The van der Waals surface area contributed by atoms with Gasteiger partial charge in [-0.25, -0.2) is 4.39 Å². The molecule has 0 aliphatic heterocycles. The highest BCUT2D eigenvalue weighted by atomic mass is 32.2. The third-order valence-electron chi connectivity index (χ3n) is 7.59. The van der Waals surface area contributed by atoms with Gasteiger partial charge in [0.15, 0.2) is 22.5 Å². The van der Waals surface area contributed by atoms with Gasteiger partial charge >= 0.3 is 0 Å². The second-order valence-electron chi connectivity index (χ2n) is 10.3. The van der Waals surface area contributed by atoms with Gasteiger partial charge in [0.05, 0.1) is 5.75 Å². The summed E-state index contributed by atoms with van der Waals surface area (Å²) >= 11 is 1.38. The lowest BCUT2D eigenvalue weighted by Gasteiger charge is -2.30. The number of rotatable bonds is 9. The molecule has 2 aromatic carbocycles. The highest BCUT2D eigenvalue weighted by molar-refractivity contribution is 7.99. The van der Waals surface area contributed by atoms with Crippen LogP contribution in [-0.4, -0.2) is 26.4 Å². The number of thioether (sulfide) groups is 1. The fourth-order valence-electron chi connectivity index (χ4n) is 6.07. The van der Waals surface area contributed by atoms with E-state index in [-0.39, 0.29) is 30.1 Å². The van der Waals surface area contributed by atoms with Crippen molar-refractivity contribution in [3.63, 3.8) is 0 Å². The second-order valence-corrected chi connectivity index (χ2v) is 11.2. The lowest BCUT2D eigenvalue weighted by molar-refractivity contribution is -0.113. The van der Waals surface area contributed by atoms with Crippen LogP contribution in [-0.2, 0) is 11.4 Å². The number of hydrogen-bond acceptors (Lipinski definition) is 5. The van der Waals surface area contributed by atoms with Crippen molar-refractivity contribution in [3.8, 4) is 5.75 Å². The van der Waals surface area contributed by atoms with Crippen molar-refractivity contribution in [3.05, 3.63) is 65.2 Å². The fraction of sp³-hybridized carbons (Fsp3) is 0.464. The number of ether oxygens (including phenoxy) is 1.